The number of aryl methyl sites for hydroxylation is 1. The monoisotopic (exact) mass is 441 g/mol. The van der Waals surface area contributed by atoms with E-state index < -0.39 is 0 Å². The van der Waals surface area contributed by atoms with Crippen LogP contribution >= 0.6 is 0 Å². The van der Waals surface area contributed by atoms with Crippen molar-refractivity contribution in [2.24, 2.45) is 11.8 Å². The van der Waals surface area contributed by atoms with Crippen LogP contribution in [0.3, 0.4) is 0 Å². The Morgan fingerprint density at radius 1 is 1.00 bits per heavy atom. The summed E-state index contributed by atoms with van der Waals surface area (Å²) >= 11 is 0. The molecule has 0 spiro atoms. The number of aromatic nitrogens is 5. The van der Waals surface area contributed by atoms with Gasteiger partial charge in [0, 0.05) is 28.9 Å². The summed E-state index contributed by atoms with van der Waals surface area (Å²) in [7, 11) is 0. The van der Waals surface area contributed by atoms with E-state index in [1.165, 1.54) is 78.6 Å². The summed E-state index contributed by atoms with van der Waals surface area (Å²) in [6.45, 7) is 8.88. The standard InChI is InChI=1S/C28H35N5/c1-16(2)25-26(22-14-33-28(29-15-30-33)18(4)17(22)3)32-24-12-11-23(31-27(24)25)21-9-7-20(8-10-21)13-19-5-6-19/h11-12,14-16,19-21,32H,5-10,13H2,1-4H3. The minimum absolute atomic E-state index is 0.372. The van der Waals surface area contributed by atoms with Crippen LogP contribution in [0.25, 0.3) is 27.9 Å². The Kier molecular flexibility index (Phi) is 5.04. The van der Waals surface area contributed by atoms with E-state index in [0.717, 1.165) is 28.5 Å². The Labute approximate surface area is 196 Å². The number of aromatic amines is 1. The first-order valence-corrected chi connectivity index (χ1v) is 12.8. The molecule has 172 valence electrons. The van der Waals surface area contributed by atoms with Crippen molar-refractivity contribution in [2.75, 3.05) is 0 Å². The summed E-state index contributed by atoms with van der Waals surface area (Å²) in [6.07, 6.45) is 13.5. The summed E-state index contributed by atoms with van der Waals surface area (Å²) in [5.74, 6) is 2.99. The zero-order valence-corrected chi connectivity index (χ0v) is 20.4. The number of hydrogen-bond donors (Lipinski definition) is 1. The third kappa shape index (κ3) is 3.66. The number of hydrogen-bond acceptors (Lipinski definition) is 3. The second kappa shape index (κ2) is 7.96. The Bertz CT molecular complexity index is 1320. The van der Waals surface area contributed by atoms with E-state index in [9.17, 15) is 0 Å². The van der Waals surface area contributed by atoms with Crippen molar-refractivity contribution in [1.82, 2.24) is 24.6 Å². The predicted molar refractivity (Wildman–Crippen MR) is 134 cm³/mol. The van der Waals surface area contributed by atoms with Gasteiger partial charge in [-0.15, -0.1) is 0 Å². The second-order valence-corrected chi connectivity index (χ2v) is 10.9. The van der Waals surface area contributed by atoms with Gasteiger partial charge >= 0.3 is 0 Å². The topological polar surface area (TPSA) is 58.9 Å². The maximum Gasteiger partial charge on any atom is 0.158 e. The van der Waals surface area contributed by atoms with Crippen LogP contribution in [0.4, 0.5) is 0 Å². The van der Waals surface area contributed by atoms with E-state index in [4.69, 9.17) is 4.98 Å². The van der Waals surface area contributed by atoms with Gasteiger partial charge in [0.1, 0.15) is 6.33 Å². The third-order valence-electron chi connectivity index (χ3n) is 8.30. The molecule has 2 aliphatic carbocycles. The molecule has 0 saturated heterocycles. The van der Waals surface area contributed by atoms with Gasteiger partial charge in [-0.3, -0.25) is 4.98 Å². The lowest BCUT2D eigenvalue weighted by molar-refractivity contribution is 0.297. The molecule has 2 saturated carbocycles. The highest BCUT2D eigenvalue weighted by atomic mass is 15.3. The fourth-order valence-electron chi connectivity index (χ4n) is 6.08. The normalized spacial score (nSPS) is 21.5. The Morgan fingerprint density at radius 2 is 1.73 bits per heavy atom. The fourth-order valence-corrected chi connectivity index (χ4v) is 6.08. The number of pyridine rings is 2. The quantitative estimate of drug-likeness (QED) is 0.360. The molecule has 5 heteroatoms. The molecule has 5 nitrogen and oxygen atoms in total. The lowest BCUT2D eigenvalue weighted by atomic mass is 9.78. The Balaban J connectivity index is 1.38. The molecule has 0 amide bonds. The van der Waals surface area contributed by atoms with E-state index in [1.54, 1.807) is 6.33 Å². The lowest BCUT2D eigenvalue weighted by Gasteiger charge is -2.28. The number of fused-ring (bicyclic) bond motifs is 2. The summed E-state index contributed by atoms with van der Waals surface area (Å²) in [5.41, 5.74) is 10.6. The highest BCUT2D eigenvalue weighted by molar-refractivity contribution is 5.89. The molecule has 4 aromatic heterocycles. The van der Waals surface area contributed by atoms with Gasteiger partial charge in [0.05, 0.1) is 16.7 Å². The largest absolute Gasteiger partial charge is 0.353 e. The molecule has 4 aromatic rings. The van der Waals surface area contributed by atoms with Gasteiger partial charge < -0.3 is 4.98 Å². The summed E-state index contributed by atoms with van der Waals surface area (Å²) in [5, 5.41) is 4.41. The van der Waals surface area contributed by atoms with Crippen LogP contribution in [-0.2, 0) is 0 Å². The first-order valence-electron chi connectivity index (χ1n) is 12.8. The van der Waals surface area contributed by atoms with E-state index in [2.05, 4.69) is 61.1 Å². The molecule has 33 heavy (non-hydrogen) atoms. The number of nitrogens with zero attached hydrogens (tertiary/aromatic N) is 4. The van der Waals surface area contributed by atoms with E-state index >= 15 is 0 Å². The first-order chi connectivity index (χ1) is 16.0. The minimum atomic E-state index is 0.372. The number of rotatable bonds is 5. The van der Waals surface area contributed by atoms with Gasteiger partial charge in [-0.2, -0.15) is 5.10 Å². The van der Waals surface area contributed by atoms with Crippen LogP contribution in [0.5, 0.6) is 0 Å². The van der Waals surface area contributed by atoms with Gasteiger partial charge in [0.25, 0.3) is 0 Å². The summed E-state index contributed by atoms with van der Waals surface area (Å²) in [6, 6.07) is 4.54. The molecule has 0 atom stereocenters. The van der Waals surface area contributed by atoms with Crippen molar-refractivity contribution >= 4 is 16.7 Å². The van der Waals surface area contributed by atoms with Crippen molar-refractivity contribution in [2.45, 2.75) is 84.5 Å². The van der Waals surface area contributed by atoms with Gasteiger partial charge in [0.15, 0.2) is 5.65 Å². The Hall–Kier alpha value is -2.69. The smallest absolute Gasteiger partial charge is 0.158 e. The molecular formula is C28H35N5. The molecule has 0 bridgehead atoms. The van der Waals surface area contributed by atoms with E-state index in [-0.39, 0.29) is 0 Å². The van der Waals surface area contributed by atoms with Crippen LogP contribution in [0.15, 0.2) is 24.7 Å². The predicted octanol–water partition coefficient (Wildman–Crippen LogP) is 7.09. The minimum Gasteiger partial charge on any atom is -0.353 e. The van der Waals surface area contributed by atoms with Crippen LogP contribution in [-0.4, -0.2) is 24.6 Å². The zero-order chi connectivity index (χ0) is 22.7. The van der Waals surface area contributed by atoms with Crippen LogP contribution in [0.1, 0.15) is 93.0 Å². The fraction of sp³-hybridized carbons (Fsp3) is 0.536. The zero-order valence-electron chi connectivity index (χ0n) is 20.4. The Morgan fingerprint density at radius 3 is 2.42 bits per heavy atom. The highest BCUT2D eigenvalue weighted by Crippen LogP contribution is 2.44. The molecule has 2 fully saturated rings. The van der Waals surface area contributed by atoms with Crippen molar-refractivity contribution in [3.8, 4) is 11.3 Å². The molecular weight excluding hydrogens is 406 g/mol. The maximum atomic E-state index is 5.30. The molecule has 6 rings (SSSR count). The summed E-state index contributed by atoms with van der Waals surface area (Å²) in [4.78, 5) is 13.5. The van der Waals surface area contributed by atoms with Gasteiger partial charge in [-0.25, -0.2) is 9.50 Å². The van der Waals surface area contributed by atoms with Crippen molar-refractivity contribution in [3.63, 3.8) is 0 Å². The average Bonchev–Trinajstić information content (AvgIpc) is 3.35. The average molecular weight is 442 g/mol. The van der Waals surface area contributed by atoms with Gasteiger partial charge in [-0.05, 0) is 87.0 Å². The van der Waals surface area contributed by atoms with Crippen molar-refractivity contribution in [1.29, 1.82) is 0 Å². The number of nitrogens with one attached hydrogen (secondary N) is 1. The molecule has 0 aromatic carbocycles. The molecule has 2 aliphatic rings. The molecule has 0 aliphatic heterocycles. The van der Waals surface area contributed by atoms with Crippen LogP contribution < -0.4 is 0 Å². The van der Waals surface area contributed by atoms with E-state index in [0.29, 0.717) is 11.8 Å². The second-order valence-electron chi connectivity index (χ2n) is 10.9. The van der Waals surface area contributed by atoms with Crippen molar-refractivity contribution in [3.05, 3.63) is 47.0 Å². The molecule has 0 unspecified atom stereocenters. The molecule has 0 radical (unpaired) electrons. The van der Waals surface area contributed by atoms with Crippen LogP contribution in [0, 0.1) is 25.7 Å². The highest BCUT2D eigenvalue weighted by Gasteiger charge is 2.30. The maximum absolute atomic E-state index is 5.30. The van der Waals surface area contributed by atoms with E-state index in [1.807, 2.05) is 4.52 Å². The van der Waals surface area contributed by atoms with Gasteiger partial charge in [-0.1, -0.05) is 26.7 Å². The molecule has 1 N–H and O–H groups in total. The SMILES string of the molecule is Cc1c(-c2[nH]c3ccc(C4CCC(CC5CC5)CC4)nc3c2C(C)C)cn2ncnc2c1C. The van der Waals surface area contributed by atoms with Crippen molar-refractivity contribution < 1.29 is 0 Å². The van der Waals surface area contributed by atoms with Gasteiger partial charge in [0.2, 0.25) is 0 Å². The first kappa shape index (κ1) is 20.9. The lowest BCUT2D eigenvalue weighted by Crippen LogP contribution is -2.14. The third-order valence-corrected chi connectivity index (χ3v) is 8.30. The summed E-state index contributed by atoms with van der Waals surface area (Å²) < 4.78 is 1.90. The molecule has 4 heterocycles. The number of H-pyrrole nitrogens is 1. The van der Waals surface area contributed by atoms with Crippen LogP contribution in [0.2, 0.25) is 0 Å².